The summed E-state index contributed by atoms with van der Waals surface area (Å²) >= 11 is 6.19. The van der Waals surface area contributed by atoms with Gasteiger partial charge in [-0.15, -0.1) is 0 Å². The fraction of sp³-hybridized carbons (Fsp3) is 0.538. The largest absolute Gasteiger partial charge is 0.462 e. The monoisotopic (exact) mass is 329 g/mol. The highest BCUT2D eigenvalue weighted by Gasteiger charge is 2.23. The minimum Gasteiger partial charge on any atom is -0.462 e. The Morgan fingerprint density at radius 3 is 2.52 bits per heavy atom. The molecule has 1 amide bonds. The Hall–Kier alpha value is -1.54. The van der Waals surface area contributed by atoms with Crippen molar-refractivity contribution in [2.75, 3.05) is 11.9 Å². The molecular formula is C13H19N3O3S2. The molecule has 0 aliphatic rings. The number of nitrogens with zero attached hydrogens (tertiary/aromatic N) is 1. The maximum Gasteiger partial charge on any atom is 0.350 e. The molecule has 0 fully saturated rings. The zero-order chi connectivity index (χ0) is 16.2. The molecule has 2 N–H and O–H groups in total. The summed E-state index contributed by atoms with van der Waals surface area (Å²) in [6, 6.07) is 0. The van der Waals surface area contributed by atoms with Crippen LogP contribution in [0.5, 0.6) is 0 Å². The summed E-state index contributed by atoms with van der Waals surface area (Å²) in [7, 11) is 0. The fourth-order valence-electron chi connectivity index (χ4n) is 1.25. The lowest BCUT2D eigenvalue weighted by Crippen LogP contribution is -2.41. The van der Waals surface area contributed by atoms with Crippen molar-refractivity contribution >= 4 is 45.7 Å². The molecule has 0 aliphatic carbocycles. The summed E-state index contributed by atoms with van der Waals surface area (Å²) in [6.45, 7) is 9.13. The first-order chi connectivity index (χ1) is 9.65. The number of ether oxygens (including phenoxy) is 1. The van der Waals surface area contributed by atoms with Crippen LogP contribution in [-0.2, 0) is 9.53 Å². The van der Waals surface area contributed by atoms with E-state index in [1.807, 2.05) is 0 Å². The van der Waals surface area contributed by atoms with Crippen molar-refractivity contribution < 1.29 is 14.3 Å². The molecule has 0 unspecified atom stereocenters. The molecule has 0 spiro atoms. The van der Waals surface area contributed by atoms with E-state index >= 15 is 0 Å². The molecule has 1 heterocycles. The molecule has 21 heavy (non-hydrogen) atoms. The molecule has 8 heteroatoms. The quantitative estimate of drug-likeness (QED) is 0.655. The Kier molecular flexibility index (Phi) is 5.79. The lowest BCUT2D eigenvalue weighted by molar-refractivity contribution is -0.126. The molecule has 0 atom stereocenters. The van der Waals surface area contributed by atoms with E-state index in [0.29, 0.717) is 22.3 Å². The first kappa shape index (κ1) is 17.5. The zero-order valence-electron chi connectivity index (χ0n) is 12.7. The summed E-state index contributed by atoms with van der Waals surface area (Å²) in [5, 5.41) is 5.98. The van der Waals surface area contributed by atoms with Crippen LogP contribution in [0.2, 0.25) is 0 Å². The van der Waals surface area contributed by atoms with E-state index in [1.165, 1.54) is 0 Å². The zero-order valence-corrected chi connectivity index (χ0v) is 14.3. The minimum absolute atomic E-state index is 0.152. The molecule has 0 aliphatic heterocycles. The van der Waals surface area contributed by atoms with Crippen LogP contribution in [-0.4, -0.2) is 28.6 Å². The predicted octanol–water partition coefficient (Wildman–Crippen LogP) is 2.49. The van der Waals surface area contributed by atoms with E-state index in [1.54, 1.807) is 34.6 Å². The van der Waals surface area contributed by atoms with Gasteiger partial charge < -0.3 is 15.4 Å². The van der Waals surface area contributed by atoms with Gasteiger partial charge in [0, 0.05) is 5.41 Å². The highest BCUT2D eigenvalue weighted by atomic mass is 32.1. The van der Waals surface area contributed by atoms with Crippen molar-refractivity contribution in [3.05, 3.63) is 10.6 Å². The smallest absolute Gasteiger partial charge is 0.350 e. The third-order valence-corrected chi connectivity index (χ3v) is 3.64. The number of carbonyl (C=O) groups excluding carboxylic acids is 2. The second-order valence-corrected chi connectivity index (χ2v) is 6.72. The third-order valence-electron chi connectivity index (χ3n) is 2.39. The molecule has 1 aromatic heterocycles. The molecule has 0 bridgehead atoms. The van der Waals surface area contributed by atoms with Crippen LogP contribution in [0.4, 0.5) is 5.13 Å². The lowest BCUT2D eigenvalue weighted by atomic mass is 9.96. The van der Waals surface area contributed by atoms with Crippen LogP contribution in [0.3, 0.4) is 0 Å². The minimum atomic E-state index is -0.541. The molecule has 0 saturated heterocycles. The van der Waals surface area contributed by atoms with Gasteiger partial charge in [0.1, 0.15) is 4.88 Å². The second kappa shape index (κ2) is 6.95. The second-order valence-electron chi connectivity index (χ2n) is 5.31. The van der Waals surface area contributed by atoms with Gasteiger partial charge in [0.2, 0.25) is 5.91 Å². The number of anilines is 1. The molecule has 0 saturated carbocycles. The number of esters is 1. The maximum atomic E-state index is 11.8. The average molecular weight is 329 g/mol. The van der Waals surface area contributed by atoms with Crippen LogP contribution in [0, 0.1) is 12.3 Å². The molecule has 116 valence electrons. The van der Waals surface area contributed by atoms with Crippen molar-refractivity contribution in [3.63, 3.8) is 0 Å². The average Bonchev–Trinajstić information content (AvgIpc) is 2.69. The summed E-state index contributed by atoms with van der Waals surface area (Å²) in [6.07, 6.45) is 0. The van der Waals surface area contributed by atoms with Gasteiger partial charge in [0.05, 0.1) is 12.3 Å². The fourth-order valence-corrected chi connectivity index (χ4v) is 2.37. The van der Waals surface area contributed by atoms with Crippen LogP contribution in [0.1, 0.15) is 43.1 Å². The summed E-state index contributed by atoms with van der Waals surface area (Å²) in [4.78, 5) is 28.1. The third kappa shape index (κ3) is 5.05. The number of carbonyl (C=O) groups is 2. The molecule has 0 aromatic carbocycles. The number of thiazole rings is 1. The standard InChI is InChI=1S/C13H19N3O3S2/c1-6-19-9(17)8-7(2)14-12(21-8)16-11(20)15-10(18)13(3,4)5/h6H2,1-5H3,(H2,14,15,16,18,20). The predicted molar refractivity (Wildman–Crippen MR) is 86.6 cm³/mol. The van der Waals surface area contributed by atoms with E-state index in [9.17, 15) is 9.59 Å². The molecule has 0 radical (unpaired) electrons. The Labute approximate surface area is 133 Å². The molecular weight excluding hydrogens is 310 g/mol. The number of hydrogen-bond acceptors (Lipinski definition) is 6. The van der Waals surface area contributed by atoms with Gasteiger partial charge in [0.15, 0.2) is 10.2 Å². The van der Waals surface area contributed by atoms with Gasteiger partial charge in [-0.3, -0.25) is 4.79 Å². The van der Waals surface area contributed by atoms with Crippen LogP contribution in [0.15, 0.2) is 0 Å². The molecule has 6 nitrogen and oxygen atoms in total. The van der Waals surface area contributed by atoms with Crippen molar-refractivity contribution in [2.45, 2.75) is 34.6 Å². The topological polar surface area (TPSA) is 80.3 Å². The summed E-state index contributed by atoms with van der Waals surface area (Å²) in [5.41, 5.74) is 0.0200. The number of aromatic nitrogens is 1. The van der Waals surface area contributed by atoms with E-state index in [4.69, 9.17) is 17.0 Å². The van der Waals surface area contributed by atoms with Gasteiger partial charge >= 0.3 is 5.97 Å². The van der Waals surface area contributed by atoms with Crippen LogP contribution in [0.25, 0.3) is 0 Å². The number of rotatable bonds is 3. The Morgan fingerprint density at radius 1 is 1.38 bits per heavy atom. The number of amides is 1. The van der Waals surface area contributed by atoms with Gasteiger partial charge in [-0.05, 0) is 26.1 Å². The van der Waals surface area contributed by atoms with Crippen LogP contribution < -0.4 is 10.6 Å². The number of nitrogens with one attached hydrogen (secondary N) is 2. The molecule has 1 aromatic rings. The van der Waals surface area contributed by atoms with Crippen LogP contribution >= 0.6 is 23.6 Å². The van der Waals surface area contributed by atoms with E-state index < -0.39 is 11.4 Å². The van der Waals surface area contributed by atoms with Gasteiger partial charge in [0.25, 0.3) is 0 Å². The van der Waals surface area contributed by atoms with Gasteiger partial charge in [-0.25, -0.2) is 9.78 Å². The maximum absolute atomic E-state index is 11.8. The number of thiocarbonyl (C=S) groups is 1. The SMILES string of the molecule is CCOC(=O)c1sc(NC(=S)NC(=O)C(C)(C)C)nc1C. The normalized spacial score (nSPS) is 10.9. The summed E-state index contributed by atoms with van der Waals surface area (Å²) in [5.74, 6) is -0.607. The number of hydrogen-bond donors (Lipinski definition) is 2. The highest BCUT2D eigenvalue weighted by Crippen LogP contribution is 2.23. The Morgan fingerprint density at radius 2 is 2.00 bits per heavy atom. The van der Waals surface area contributed by atoms with E-state index in [2.05, 4.69) is 15.6 Å². The van der Waals surface area contributed by atoms with E-state index in [-0.39, 0.29) is 11.0 Å². The first-order valence-electron chi connectivity index (χ1n) is 6.42. The van der Waals surface area contributed by atoms with Gasteiger partial charge in [-0.2, -0.15) is 0 Å². The summed E-state index contributed by atoms with van der Waals surface area (Å²) < 4.78 is 4.94. The van der Waals surface area contributed by atoms with Crippen molar-refractivity contribution in [1.29, 1.82) is 0 Å². The van der Waals surface area contributed by atoms with E-state index in [0.717, 1.165) is 11.3 Å². The molecule has 1 rings (SSSR count). The van der Waals surface area contributed by atoms with Crippen molar-refractivity contribution in [3.8, 4) is 0 Å². The lowest BCUT2D eigenvalue weighted by Gasteiger charge is -2.17. The van der Waals surface area contributed by atoms with Crippen molar-refractivity contribution in [1.82, 2.24) is 10.3 Å². The van der Waals surface area contributed by atoms with Gasteiger partial charge in [-0.1, -0.05) is 32.1 Å². The Balaban J connectivity index is 2.72. The Bertz CT molecular complexity index is 561. The van der Waals surface area contributed by atoms with Crippen molar-refractivity contribution in [2.24, 2.45) is 5.41 Å². The first-order valence-corrected chi connectivity index (χ1v) is 7.64. The number of aryl methyl sites for hydroxylation is 1. The highest BCUT2D eigenvalue weighted by molar-refractivity contribution is 7.80.